The van der Waals surface area contributed by atoms with Crippen LogP contribution in [0.5, 0.6) is 0 Å². The molecule has 0 spiro atoms. The van der Waals surface area contributed by atoms with Crippen molar-refractivity contribution in [2.45, 2.75) is 56.5 Å². The lowest BCUT2D eigenvalue weighted by molar-refractivity contribution is 0.261. The molecule has 1 aromatic rings. The van der Waals surface area contributed by atoms with Crippen LogP contribution in [0.3, 0.4) is 0 Å². The van der Waals surface area contributed by atoms with Crippen molar-refractivity contribution in [1.82, 2.24) is 9.62 Å². The number of thiophene rings is 1. The number of nitrogens with one attached hydrogen (secondary N) is 1. The van der Waals surface area contributed by atoms with Crippen molar-refractivity contribution in [3.8, 4) is 0 Å². The Kier molecular flexibility index (Phi) is 6.25. The van der Waals surface area contributed by atoms with Gasteiger partial charge in [0.25, 0.3) is 0 Å². The van der Waals surface area contributed by atoms with Gasteiger partial charge in [-0.15, -0.1) is 11.3 Å². The van der Waals surface area contributed by atoms with Crippen LogP contribution in [-0.4, -0.2) is 32.4 Å². The largest absolute Gasteiger partial charge is 0.315 e. The third-order valence-electron chi connectivity index (χ3n) is 3.94. The van der Waals surface area contributed by atoms with Crippen LogP contribution in [0.1, 0.15) is 43.9 Å². The predicted octanol–water partition coefficient (Wildman–Crippen LogP) is 3.57. The molecule has 0 saturated heterocycles. The average molecular weight is 395 g/mol. The van der Waals surface area contributed by atoms with Gasteiger partial charge in [0.05, 0.1) is 3.79 Å². The van der Waals surface area contributed by atoms with Crippen molar-refractivity contribution in [3.63, 3.8) is 0 Å². The first kappa shape index (κ1) is 17.4. The molecule has 0 aromatic carbocycles. The van der Waals surface area contributed by atoms with Crippen LogP contribution in [0.2, 0.25) is 0 Å². The van der Waals surface area contributed by atoms with Gasteiger partial charge in [-0.25, -0.2) is 8.42 Å². The number of sulfonamides is 1. The minimum atomic E-state index is -3.41. The van der Waals surface area contributed by atoms with Gasteiger partial charge in [-0.05, 0) is 41.9 Å². The Hall–Kier alpha value is 0.0500. The second kappa shape index (κ2) is 7.55. The topological polar surface area (TPSA) is 49.4 Å². The van der Waals surface area contributed by atoms with Gasteiger partial charge in [0.2, 0.25) is 10.0 Å². The predicted molar refractivity (Wildman–Crippen MR) is 91.2 cm³/mol. The minimum Gasteiger partial charge on any atom is -0.315 e. The fourth-order valence-corrected chi connectivity index (χ4v) is 7.30. The first-order valence-electron chi connectivity index (χ1n) is 7.45. The summed E-state index contributed by atoms with van der Waals surface area (Å²) in [7, 11) is -1.55. The Morgan fingerprint density at radius 3 is 2.62 bits per heavy atom. The summed E-state index contributed by atoms with van der Waals surface area (Å²) in [6.45, 7) is 3.16. The molecule has 1 fully saturated rings. The summed E-state index contributed by atoms with van der Waals surface area (Å²) in [4.78, 5) is 1.45. The van der Waals surface area contributed by atoms with Crippen LogP contribution in [0, 0.1) is 0 Å². The zero-order valence-electron chi connectivity index (χ0n) is 12.6. The van der Waals surface area contributed by atoms with E-state index >= 15 is 0 Å². The Bertz CT molecular complexity index is 566. The summed E-state index contributed by atoms with van der Waals surface area (Å²) in [6.07, 6.45) is 5.46. The Morgan fingerprint density at radius 2 is 2.05 bits per heavy atom. The van der Waals surface area contributed by atoms with E-state index in [-0.39, 0.29) is 6.04 Å². The molecule has 7 heteroatoms. The van der Waals surface area contributed by atoms with E-state index in [9.17, 15) is 8.42 Å². The van der Waals surface area contributed by atoms with E-state index in [4.69, 9.17) is 0 Å². The molecule has 120 valence electrons. The monoisotopic (exact) mass is 394 g/mol. The lowest BCUT2D eigenvalue weighted by Gasteiger charge is -2.32. The standard InChI is InChI=1S/C14H23BrN2O2S2/c1-3-17(11-7-5-4-6-8-11)21(18,19)13-9-12(10-16-2)20-14(13)15/h9,11,16H,3-8,10H2,1-2H3. The molecule has 4 nitrogen and oxygen atoms in total. The maximum Gasteiger partial charge on any atom is 0.245 e. The van der Waals surface area contributed by atoms with Crippen LogP contribution in [0.4, 0.5) is 0 Å². The Labute approximate surface area is 140 Å². The van der Waals surface area contributed by atoms with Crippen molar-refractivity contribution in [2.75, 3.05) is 13.6 Å². The quantitative estimate of drug-likeness (QED) is 0.801. The fourth-order valence-electron chi connectivity index (χ4n) is 2.95. The van der Waals surface area contributed by atoms with E-state index < -0.39 is 10.0 Å². The molecule has 1 aromatic heterocycles. The number of halogens is 1. The molecule has 0 bridgehead atoms. The molecule has 1 aliphatic carbocycles. The molecular weight excluding hydrogens is 372 g/mol. The minimum absolute atomic E-state index is 0.160. The Morgan fingerprint density at radius 1 is 1.38 bits per heavy atom. The Balaban J connectivity index is 2.30. The van der Waals surface area contributed by atoms with Crippen molar-refractivity contribution >= 4 is 37.3 Å². The molecule has 21 heavy (non-hydrogen) atoms. The summed E-state index contributed by atoms with van der Waals surface area (Å²) in [5.74, 6) is 0. The van der Waals surface area contributed by atoms with Crippen LogP contribution >= 0.6 is 27.3 Å². The van der Waals surface area contributed by atoms with Gasteiger partial charge in [-0.2, -0.15) is 4.31 Å². The normalized spacial score (nSPS) is 17.5. The first-order chi connectivity index (χ1) is 10.0. The SMILES string of the molecule is CCN(C1CCCCC1)S(=O)(=O)c1cc(CNC)sc1Br. The molecule has 0 unspecified atom stereocenters. The number of hydrogen-bond donors (Lipinski definition) is 1. The van der Waals surface area contributed by atoms with Crippen molar-refractivity contribution in [2.24, 2.45) is 0 Å². The van der Waals surface area contributed by atoms with Crippen molar-refractivity contribution in [3.05, 3.63) is 14.7 Å². The lowest BCUT2D eigenvalue weighted by atomic mass is 9.95. The highest BCUT2D eigenvalue weighted by atomic mass is 79.9. The molecule has 1 heterocycles. The van der Waals surface area contributed by atoms with E-state index in [1.165, 1.54) is 17.8 Å². The molecule has 2 rings (SSSR count). The van der Waals surface area contributed by atoms with Gasteiger partial charge in [0.15, 0.2) is 0 Å². The molecular formula is C14H23BrN2O2S2. The van der Waals surface area contributed by atoms with Crippen LogP contribution in [-0.2, 0) is 16.6 Å². The second-order valence-corrected chi connectivity index (χ2v) is 9.69. The van der Waals surface area contributed by atoms with E-state index in [2.05, 4.69) is 21.2 Å². The molecule has 1 N–H and O–H groups in total. The van der Waals surface area contributed by atoms with E-state index in [1.807, 2.05) is 14.0 Å². The number of nitrogens with zero attached hydrogens (tertiary/aromatic N) is 1. The zero-order valence-corrected chi connectivity index (χ0v) is 15.8. The lowest BCUT2D eigenvalue weighted by Crippen LogP contribution is -2.41. The van der Waals surface area contributed by atoms with E-state index in [0.29, 0.717) is 21.8 Å². The molecule has 0 radical (unpaired) electrons. The van der Waals surface area contributed by atoms with Gasteiger partial charge >= 0.3 is 0 Å². The van der Waals surface area contributed by atoms with Gasteiger partial charge in [-0.3, -0.25) is 0 Å². The summed E-state index contributed by atoms with van der Waals surface area (Å²) in [5, 5.41) is 3.06. The highest BCUT2D eigenvalue weighted by molar-refractivity contribution is 9.11. The second-order valence-electron chi connectivity index (χ2n) is 5.38. The zero-order chi connectivity index (χ0) is 15.5. The van der Waals surface area contributed by atoms with Crippen LogP contribution in [0.15, 0.2) is 14.7 Å². The molecule has 1 aliphatic rings. The van der Waals surface area contributed by atoms with Gasteiger partial charge in [0.1, 0.15) is 4.90 Å². The maximum absolute atomic E-state index is 13.0. The van der Waals surface area contributed by atoms with Gasteiger partial charge in [0, 0.05) is 24.0 Å². The highest BCUT2D eigenvalue weighted by Crippen LogP contribution is 2.35. The summed E-state index contributed by atoms with van der Waals surface area (Å²) in [5.41, 5.74) is 0. The van der Waals surface area contributed by atoms with E-state index in [1.54, 1.807) is 10.4 Å². The molecule has 1 saturated carbocycles. The van der Waals surface area contributed by atoms with E-state index in [0.717, 1.165) is 30.6 Å². The average Bonchev–Trinajstić information content (AvgIpc) is 2.82. The molecule has 0 aliphatic heterocycles. The van der Waals surface area contributed by atoms with Crippen molar-refractivity contribution in [1.29, 1.82) is 0 Å². The third kappa shape index (κ3) is 3.88. The molecule has 0 atom stereocenters. The number of rotatable bonds is 6. The number of hydrogen-bond acceptors (Lipinski definition) is 4. The van der Waals surface area contributed by atoms with Crippen LogP contribution < -0.4 is 5.32 Å². The summed E-state index contributed by atoms with van der Waals surface area (Å²) < 4.78 is 28.4. The third-order valence-corrected chi connectivity index (χ3v) is 8.22. The fraction of sp³-hybridized carbons (Fsp3) is 0.714. The van der Waals surface area contributed by atoms with Crippen molar-refractivity contribution < 1.29 is 8.42 Å². The smallest absolute Gasteiger partial charge is 0.245 e. The summed E-state index contributed by atoms with van der Waals surface area (Å²) in [6, 6.07) is 1.96. The van der Waals surface area contributed by atoms with Gasteiger partial charge < -0.3 is 5.32 Å². The van der Waals surface area contributed by atoms with Gasteiger partial charge in [-0.1, -0.05) is 26.2 Å². The summed E-state index contributed by atoms with van der Waals surface area (Å²) >= 11 is 4.92. The first-order valence-corrected chi connectivity index (χ1v) is 10.5. The molecule has 0 amide bonds. The maximum atomic E-state index is 13.0. The van der Waals surface area contributed by atoms with Crippen LogP contribution in [0.25, 0.3) is 0 Å². The highest BCUT2D eigenvalue weighted by Gasteiger charge is 2.33.